The third-order valence-electron chi connectivity index (χ3n) is 0.712. The molecule has 1 atom stereocenters. The van der Waals surface area contributed by atoms with Gasteiger partial charge < -0.3 is 18.8 Å². The summed E-state index contributed by atoms with van der Waals surface area (Å²) in [5.74, 6) is -2.50. The number of nitrogens with two attached hydrogens (primary N) is 1. The number of aliphatic carboxylic acids is 2. The van der Waals surface area contributed by atoms with E-state index < -0.39 is 24.4 Å². The summed E-state index contributed by atoms with van der Waals surface area (Å²) in [6.07, 6.45) is -0.532. The third kappa shape index (κ3) is 11.5. The number of carboxylic acid groups (broad SMARTS) is 2. The Bertz CT molecular complexity index is 150. The molecule has 0 aromatic carbocycles. The first-order valence-electron chi connectivity index (χ1n) is 2.24. The van der Waals surface area contributed by atoms with Crippen molar-refractivity contribution >= 4 is 11.9 Å². The van der Waals surface area contributed by atoms with Gasteiger partial charge in [0.15, 0.2) is 0 Å². The van der Waals surface area contributed by atoms with E-state index in [0.717, 1.165) is 0 Å². The molecule has 0 unspecified atom stereocenters. The molecule has 0 saturated carbocycles. The number of carboxylic acids is 2. The first-order chi connectivity index (χ1) is 4.04. The minimum atomic E-state index is -1.29. The average molecular weight is 197 g/mol. The Hall–Kier alpha value is 1.54. The molecule has 0 amide bonds. The van der Waals surface area contributed by atoms with E-state index in [1.807, 2.05) is 0 Å². The van der Waals surface area contributed by atoms with Gasteiger partial charge in [0.2, 0.25) is 0 Å². The summed E-state index contributed by atoms with van der Waals surface area (Å²) in [6.45, 7) is 0. The van der Waals surface area contributed by atoms with Crippen molar-refractivity contribution in [1.82, 2.24) is 0 Å². The molecule has 0 aliphatic heterocycles. The second-order valence-corrected chi connectivity index (χ2v) is 1.54. The molecular weight excluding hydrogens is 188 g/mol. The Balaban J connectivity index is -0.0000000533. The van der Waals surface area contributed by atoms with Gasteiger partial charge in [-0.15, -0.1) is 0 Å². The van der Waals surface area contributed by atoms with Gasteiger partial charge in [0.05, 0.1) is 6.42 Å². The molecule has 0 bridgehead atoms. The van der Waals surface area contributed by atoms with Gasteiger partial charge in [0, 0.05) is 0 Å². The molecule has 0 aliphatic rings. The van der Waals surface area contributed by atoms with Crippen LogP contribution in [0.5, 0.6) is 0 Å². The molecule has 0 saturated heterocycles. The molecule has 11 heavy (non-hydrogen) atoms. The molecular formula is C4H9KNNaO4. The van der Waals surface area contributed by atoms with Crippen LogP contribution in [0.15, 0.2) is 0 Å². The summed E-state index contributed by atoms with van der Waals surface area (Å²) >= 11 is 0. The molecule has 0 aromatic rings. The minimum absolute atomic E-state index is 0. The third-order valence-corrected chi connectivity index (χ3v) is 0.712. The first-order valence-corrected chi connectivity index (χ1v) is 2.24. The van der Waals surface area contributed by atoms with Crippen LogP contribution in [0.25, 0.3) is 0 Å². The molecule has 0 radical (unpaired) electrons. The van der Waals surface area contributed by atoms with Crippen LogP contribution in [-0.2, 0) is 9.59 Å². The van der Waals surface area contributed by atoms with Crippen molar-refractivity contribution in [1.29, 1.82) is 0 Å². The fraction of sp³-hybridized carbons (Fsp3) is 0.500. The maximum absolute atomic E-state index is 9.85. The standard InChI is InChI=1S/C4H7NO4.K.Na.2H/c5-2(4(8)9)1-3(6)7;;;;/h2H,1,5H2,(H,6,7)(H,8,9);;;;/q;2*+1;2*-1/t2-;;;;/m0..../s1. The second-order valence-electron chi connectivity index (χ2n) is 1.54. The van der Waals surface area contributed by atoms with Crippen LogP contribution in [0.3, 0.4) is 0 Å². The Morgan fingerprint density at radius 1 is 1.45 bits per heavy atom. The zero-order valence-electron chi connectivity index (χ0n) is 8.57. The Kier molecular flexibility index (Phi) is 16.0. The van der Waals surface area contributed by atoms with Crippen molar-refractivity contribution in [2.75, 3.05) is 0 Å². The van der Waals surface area contributed by atoms with Gasteiger partial charge in [-0.3, -0.25) is 9.59 Å². The largest absolute Gasteiger partial charge is 1.00 e. The molecule has 0 rings (SSSR count). The van der Waals surface area contributed by atoms with Gasteiger partial charge in [0.1, 0.15) is 6.04 Å². The summed E-state index contributed by atoms with van der Waals surface area (Å²) in [7, 11) is 0. The van der Waals surface area contributed by atoms with Crippen LogP contribution >= 0.6 is 0 Å². The smallest absolute Gasteiger partial charge is 1.00 e. The van der Waals surface area contributed by atoms with Gasteiger partial charge in [-0.2, -0.15) is 0 Å². The van der Waals surface area contributed by atoms with E-state index in [1.54, 1.807) is 0 Å². The van der Waals surface area contributed by atoms with Gasteiger partial charge in [-0.25, -0.2) is 0 Å². The number of rotatable bonds is 3. The van der Waals surface area contributed by atoms with Crippen LogP contribution in [-0.4, -0.2) is 28.2 Å². The van der Waals surface area contributed by atoms with Crippen molar-refractivity contribution < 1.29 is 104 Å². The van der Waals surface area contributed by atoms with E-state index in [1.165, 1.54) is 0 Å². The topological polar surface area (TPSA) is 101 Å². The molecule has 0 spiro atoms. The van der Waals surface area contributed by atoms with Crippen molar-refractivity contribution in [3.8, 4) is 0 Å². The molecule has 0 fully saturated rings. The average Bonchev–Trinajstić information content (AvgIpc) is 1.63. The molecule has 4 N–H and O–H groups in total. The van der Waals surface area contributed by atoms with Gasteiger partial charge >= 0.3 is 92.9 Å². The van der Waals surface area contributed by atoms with E-state index >= 15 is 0 Å². The van der Waals surface area contributed by atoms with E-state index in [0.29, 0.717) is 0 Å². The number of carbonyl (C=O) groups is 2. The Morgan fingerprint density at radius 3 is 1.91 bits per heavy atom. The Labute approximate surface area is 131 Å². The minimum Gasteiger partial charge on any atom is -1.00 e. The van der Waals surface area contributed by atoms with E-state index in [4.69, 9.17) is 15.9 Å². The van der Waals surface area contributed by atoms with Gasteiger partial charge in [-0.1, -0.05) is 0 Å². The maximum Gasteiger partial charge on any atom is 1.00 e. The van der Waals surface area contributed by atoms with E-state index in [9.17, 15) is 9.59 Å². The SMILES string of the molecule is N[C@@H](CC(=O)O)C(=O)O.[H-].[H-].[K+].[Na+]. The zero-order valence-corrected chi connectivity index (χ0v) is 11.7. The zero-order chi connectivity index (χ0) is 7.44. The fourth-order valence-electron chi connectivity index (χ4n) is 0.275. The maximum atomic E-state index is 9.85. The summed E-state index contributed by atoms with van der Waals surface area (Å²) in [4.78, 5) is 19.6. The molecule has 0 aromatic heterocycles. The monoisotopic (exact) mass is 197 g/mol. The van der Waals surface area contributed by atoms with Crippen LogP contribution < -0.4 is 86.7 Å². The summed E-state index contributed by atoms with van der Waals surface area (Å²) in [5, 5.41) is 16.0. The van der Waals surface area contributed by atoms with Crippen molar-refractivity contribution in [3.63, 3.8) is 0 Å². The molecule has 0 aliphatic carbocycles. The van der Waals surface area contributed by atoms with Crippen LogP contribution in [0.1, 0.15) is 9.27 Å². The van der Waals surface area contributed by atoms with Crippen LogP contribution in [0.2, 0.25) is 0 Å². The van der Waals surface area contributed by atoms with Crippen LogP contribution in [0, 0.1) is 0 Å². The van der Waals surface area contributed by atoms with Crippen molar-refractivity contribution in [2.45, 2.75) is 12.5 Å². The van der Waals surface area contributed by atoms with E-state index in [-0.39, 0.29) is 83.8 Å². The van der Waals surface area contributed by atoms with Crippen molar-refractivity contribution in [3.05, 3.63) is 0 Å². The summed E-state index contributed by atoms with van der Waals surface area (Å²) in [5.41, 5.74) is 4.84. The van der Waals surface area contributed by atoms with Crippen LogP contribution in [0.4, 0.5) is 0 Å². The van der Waals surface area contributed by atoms with Crippen molar-refractivity contribution in [2.24, 2.45) is 5.73 Å². The quantitative estimate of drug-likeness (QED) is 0.390. The first kappa shape index (κ1) is 18.3. The fourth-order valence-corrected chi connectivity index (χ4v) is 0.275. The number of hydrogen-bond donors (Lipinski definition) is 3. The van der Waals surface area contributed by atoms with Gasteiger partial charge in [0.25, 0.3) is 0 Å². The number of hydrogen-bond acceptors (Lipinski definition) is 3. The summed E-state index contributed by atoms with van der Waals surface area (Å²) < 4.78 is 0. The Morgan fingerprint density at radius 2 is 1.82 bits per heavy atom. The predicted molar refractivity (Wildman–Crippen MR) is 30.1 cm³/mol. The molecule has 7 heteroatoms. The molecule has 0 heterocycles. The summed E-state index contributed by atoms with van der Waals surface area (Å²) in [6, 6.07) is -1.29. The second kappa shape index (κ2) is 9.62. The molecule has 56 valence electrons. The normalized spacial score (nSPS) is 10.3. The van der Waals surface area contributed by atoms with Gasteiger partial charge in [-0.05, 0) is 0 Å². The van der Waals surface area contributed by atoms with E-state index in [2.05, 4.69) is 0 Å². The molecule has 5 nitrogen and oxygen atoms in total. The predicted octanol–water partition coefficient (Wildman–Crippen LogP) is -6.89.